The number of carbonyl (C=O) groups excluding carboxylic acids is 1. The Morgan fingerprint density at radius 3 is 3.10 bits per heavy atom. The lowest BCUT2D eigenvalue weighted by Crippen LogP contribution is -2.36. The van der Waals surface area contributed by atoms with Crippen LogP contribution in [-0.2, 0) is 24.2 Å². The molecule has 2 aliphatic rings. The van der Waals surface area contributed by atoms with Crippen molar-refractivity contribution in [1.82, 2.24) is 14.9 Å². The van der Waals surface area contributed by atoms with Crippen LogP contribution in [0.2, 0.25) is 0 Å². The maximum absolute atomic E-state index is 12.2. The molecule has 3 N–H and O–H groups in total. The zero-order valence-electron chi connectivity index (χ0n) is 12.7. The van der Waals surface area contributed by atoms with Crippen LogP contribution >= 0.6 is 0 Å². The van der Waals surface area contributed by atoms with E-state index < -0.39 is 0 Å². The highest BCUT2D eigenvalue weighted by Crippen LogP contribution is 2.30. The van der Waals surface area contributed by atoms with Gasteiger partial charge in [0.1, 0.15) is 5.82 Å². The molecule has 2 atom stereocenters. The highest BCUT2D eigenvalue weighted by Gasteiger charge is 2.31. The molecule has 0 aromatic carbocycles. The second-order valence-electron chi connectivity index (χ2n) is 6.37. The summed E-state index contributed by atoms with van der Waals surface area (Å²) in [7, 11) is 0. The molecule has 21 heavy (non-hydrogen) atoms. The van der Waals surface area contributed by atoms with E-state index in [2.05, 4.69) is 21.1 Å². The summed E-state index contributed by atoms with van der Waals surface area (Å²) in [5.74, 6) is 1.91. The number of aromatic nitrogens is 2. The van der Waals surface area contributed by atoms with Gasteiger partial charge in [0, 0.05) is 38.0 Å². The first-order valence-corrected chi connectivity index (χ1v) is 8.30. The van der Waals surface area contributed by atoms with Gasteiger partial charge in [-0.3, -0.25) is 4.79 Å². The minimum atomic E-state index is 0.130. The van der Waals surface area contributed by atoms with Gasteiger partial charge in [-0.05, 0) is 38.1 Å². The second-order valence-corrected chi connectivity index (χ2v) is 6.37. The zero-order valence-corrected chi connectivity index (χ0v) is 12.7. The second kappa shape index (κ2) is 6.60. The number of hydrogen-bond donors (Lipinski definition) is 2. The van der Waals surface area contributed by atoms with E-state index in [9.17, 15) is 4.79 Å². The molecule has 0 unspecified atom stereocenters. The first-order chi connectivity index (χ1) is 10.3. The number of nitrogens with one attached hydrogen (secondary N) is 1. The summed E-state index contributed by atoms with van der Waals surface area (Å²) in [6, 6.07) is 0. The van der Waals surface area contributed by atoms with Gasteiger partial charge < -0.3 is 15.6 Å². The molecular weight excluding hydrogens is 264 g/mol. The lowest BCUT2D eigenvalue weighted by Gasteiger charge is -2.17. The number of carbonyl (C=O) groups is 1. The Labute approximate surface area is 126 Å². The quantitative estimate of drug-likeness (QED) is 0.857. The monoisotopic (exact) mass is 290 g/mol. The van der Waals surface area contributed by atoms with Crippen LogP contribution in [0.4, 0.5) is 0 Å². The van der Waals surface area contributed by atoms with E-state index in [4.69, 9.17) is 5.73 Å². The molecule has 116 valence electrons. The fraction of sp³-hybridized carbons (Fsp3) is 0.750. The summed E-state index contributed by atoms with van der Waals surface area (Å²) in [6.45, 7) is 2.41. The van der Waals surface area contributed by atoms with Crippen LogP contribution < -0.4 is 11.1 Å². The average molecular weight is 290 g/mol. The fourth-order valence-corrected chi connectivity index (χ4v) is 3.70. The Hall–Kier alpha value is -1.36. The van der Waals surface area contributed by atoms with Gasteiger partial charge in [0.05, 0.1) is 5.69 Å². The van der Waals surface area contributed by atoms with E-state index in [1.165, 1.54) is 18.7 Å². The molecule has 1 aliphatic heterocycles. The van der Waals surface area contributed by atoms with Crippen LogP contribution in [0.3, 0.4) is 0 Å². The molecule has 0 bridgehead atoms. The molecule has 5 nitrogen and oxygen atoms in total. The predicted molar refractivity (Wildman–Crippen MR) is 81.8 cm³/mol. The predicted octanol–water partition coefficient (Wildman–Crippen LogP) is 1.25. The number of amides is 1. The van der Waals surface area contributed by atoms with Crippen molar-refractivity contribution < 1.29 is 4.79 Å². The number of nitrogens with two attached hydrogens (primary N) is 1. The van der Waals surface area contributed by atoms with Gasteiger partial charge in [-0.1, -0.05) is 6.42 Å². The van der Waals surface area contributed by atoms with Crippen molar-refractivity contribution in [1.29, 1.82) is 0 Å². The molecule has 1 aromatic rings. The Morgan fingerprint density at radius 1 is 1.38 bits per heavy atom. The van der Waals surface area contributed by atoms with Crippen LogP contribution in [0, 0.1) is 11.8 Å². The summed E-state index contributed by atoms with van der Waals surface area (Å²) < 4.78 is 2.27. The van der Waals surface area contributed by atoms with E-state index in [1.807, 2.05) is 0 Å². The molecule has 1 aliphatic carbocycles. The Bertz CT molecular complexity index is 473. The number of imidazole rings is 1. The number of aryl methyl sites for hydroxylation is 2. The third kappa shape index (κ3) is 3.28. The van der Waals surface area contributed by atoms with Gasteiger partial charge in [-0.2, -0.15) is 0 Å². The largest absolute Gasteiger partial charge is 0.355 e. The van der Waals surface area contributed by atoms with Crippen molar-refractivity contribution in [2.24, 2.45) is 17.6 Å². The van der Waals surface area contributed by atoms with Crippen LogP contribution in [0.5, 0.6) is 0 Å². The van der Waals surface area contributed by atoms with Gasteiger partial charge in [-0.25, -0.2) is 4.98 Å². The van der Waals surface area contributed by atoms with Crippen molar-refractivity contribution in [2.45, 2.75) is 51.5 Å². The van der Waals surface area contributed by atoms with E-state index >= 15 is 0 Å². The summed E-state index contributed by atoms with van der Waals surface area (Å²) >= 11 is 0. The maximum atomic E-state index is 12.2. The van der Waals surface area contributed by atoms with Crippen molar-refractivity contribution in [3.8, 4) is 0 Å². The van der Waals surface area contributed by atoms with Crippen molar-refractivity contribution in [3.05, 3.63) is 17.7 Å². The average Bonchev–Trinajstić information content (AvgIpc) is 3.12. The molecular formula is C16H26N4O. The lowest BCUT2D eigenvalue weighted by atomic mass is 9.95. The normalized spacial score (nSPS) is 24.8. The molecule has 0 saturated heterocycles. The van der Waals surface area contributed by atoms with Crippen LogP contribution in [0.25, 0.3) is 0 Å². The Balaban J connectivity index is 1.47. The van der Waals surface area contributed by atoms with Crippen molar-refractivity contribution in [3.63, 3.8) is 0 Å². The van der Waals surface area contributed by atoms with E-state index in [1.54, 1.807) is 0 Å². The standard InChI is InChI=1S/C16H26N4O/c17-10-12-4-3-5-14(12)16(21)18-8-7-13-11-20-9-2-1-6-15(20)19-13/h11-12,14H,1-10,17H2,(H,18,21)/t12-,14-/m1/s1. The van der Waals surface area contributed by atoms with E-state index in [0.717, 1.165) is 44.3 Å². The minimum absolute atomic E-state index is 0.130. The summed E-state index contributed by atoms with van der Waals surface area (Å²) in [6.07, 6.45) is 9.79. The Morgan fingerprint density at radius 2 is 2.29 bits per heavy atom. The van der Waals surface area contributed by atoms with Crippen LogP contribution in [0.15, 0.2) is 6.20 Å². The third-order valence-electron chi connectivity index (χ3n) is 4.94. The summed E-state index contributed by atoms with van der Waals surface area (Å²) in [5.41, 5.74) is 6.85. The molecule has 0 spiro atoms. The third-order valence-corrected chi connectivity index (χ3v) is 4.94. The molecule has 1 saturated carbocycles. The smallest absolute Gasteiger partial charge is 0.223 e. The van der Waals surface area contributed by atoms with E-state index in [-0.39, 0.29) is 11.8 Å². The summed E-state index contributed by atoms with van der Waals surface area (Å²) in [5, 5.41) is 3.07. The SMILES string of the molecule is NC[C@H]1CCC[C@H]1C(=O)NCCc1cn2c(n1)CCCC2. The maximum Gasteiger partial charge on any atom is 0.223 e. The zero-order chi connectivity index (χ0) is 14.7. The summed E-state index contributed by atoms with van der Waals surface area (Å²) in [4.78, 5) is 16.9. The number of nitrogens with zero attached hydrogens (tertiary/aromatic N) is 2. The lowest BCUT2D eigenvalue weighted by molar-refractivity contribution is -0.125. The van der Waals surface area contributed by atoms with Crippen molar-refractivity contribution >= 4 is 5.91 Å². The van der Waals surface area contributed by atoms with Crippen molar-refractivity contribution in [2.75, 3.05) is 13.1 Å². The molecule has 1 amide bonds. The molecule has 0 radical (unpaired) electrons. The van der Waals surface area contributed by atoms with Crippen LogP contribution in [0.1, 0.15) is 43.6 Å². The number of rotatable bonds is 5. The van der Waals surface area contributed by atoms with Gasteiger partial charge in [0.15, 0.2) is 0 Å². The molecule has 5 heteroatoms. The number of hydrogen-bond acceptors (Lipinski definition) is 3. The van der Waals surface area contributed by atoms with Gasteiger partial charge in [0.2, 0.25) is 5.91 Å². The number of fused-ring (bicyclic) bond motifs is 1. The molecule has 2 heterocycles. The Kier molecular flexibility index (Phi) is 4.58. The highest BCUT2D eigenvalue weighted by molar-refractivity contribution is 5.79. The van der Waals surface area contributed by atoms with Gasteiger partial charge >= 0.3 is 0 Å². The molecule has 1 fully saturated rings. The van der Waals surface area contributed by atoms with Gasteiger partial charge in [-0.15, -0.1) is 0 Å². The fourth-order valence-electron chi connectivity index (χ4n) is 3.70. The van der Waals surface area contributed by atoms with Gasteiger partial charge in [0.25, 0.3) is 0 Å². The molecule has 3 rings (SSSR count). The van der Waals surface area contributed by atoms with Crippen LogP contribution in [-0.4, -0.2) is 28.5 Å². The first kappa shape index (κ1) is 14.6. The molecule has 1 aromatic heterocycles. The first-order valence-electron chi connectivity index (χ1n) is 8.30. The highest BCUT2D eigenvalue weighted by atomic mass is 16.1. The topological polar surface area (TPSA) is 72.9 Å². The van der Waals surface area contributed by atoms with E-state index in [0.29, 0.717) is 19.0 Å². The minimum Gasteiger partial charge on any atom is -0.355 e.